The second kappa shape index (κ2) is 5.47. The van der Waals surface area contributed by atoms with Crippen LogP contribution in [0, 0.1) is 17.8 Å². The number of rotatable bonds is 7. The van der Waals surface area contributed by atoms with Crippen molar-refractivity contribution in [2.24, 2.45) is 17.8 Å². The average molecular weight is 295 g/mol. The normalized spacial score (nSPS) is 19.5. The third kappa shape index (κ3) is 3.22. The molecule has 2 fully saturated rings. The summed E-state index contributed by atoms with van der Waals surface area (Å²) in [5, 5.41) is 8.98. The molecular weight excluding hydrogens is 274 g/mol. The Hall–Kier alpha value is -0.910. The molecule has 1 aromatic carbocycles. The van der Waals surface area contributed by atoms with Gasteiger partial charge in [0.15, 0.2) is 0 Å². The van der Waals surface area contributed by atoms with E-state index in [2.05, 4.69) is 4.72 Å². The van der Waals surface area contributed by atoms with E-state index in [-0.39, 0.29) is 11.5 Å². The Morgan fingerprint density at radius 2 is 1.65 bits per heavy atom. The highest BCUT2D eigenvalue weighted by Crippen LogP contribution is 2.48. The van der Waals surface area contributed by atoms with Crippen LogP contribution in [0.4, 0.5) is 0 Å². The molecule has 0 radical (unpaired) electrons. The number of hydrogen-bond acceptors (Lipinski definition) is 3. The molecule has 0 aliphatic heterocycles. The van der Waals surface area contributed by atoms with E-state index in [9.17, 15) is 8.42 Å². The molecule has 2 aliphatic carbocycles. The lowest BCUT2D eigenvalue weighted by Crippen LogP contribution is -2.31. The molecule has 4 nitrogen and oxygen atoms in total. The number of benzene rings is 1. The van der Waals surface area contributed by atoms with Crippen molar-refractivity contribution >= 4 is 10.0 Å². The lowest BCUT2D eigenvalue weighted by molar-refractivity contribution is 0.282. The van der Waals surface area contributed by atoms with Crippen molar-refractivity contribution in [3.05, 3.63) is 29.8 Å². The van der Waals surface area contributed by atoms with Crippen LogP contribution in [0.5, 0.6) is 0 Å². The Balaban J connectivity index is 1.64. The minimum atomic E-state index is -3.42. The summed E-state index contributed by atoms with van der Waals surface area (Å²) in [6.07, 6.45) is 5.03. The van der Waals surface area contributed by atoms with Crippen LogP contribution in [0.3, 0.4) is 0 Å². The van der Waals surface area contributed by atoms with Crippen LogP contribution in [-0.2, 0) is 16.6 Å². The van der Waals surface area contributed by atoms with Gasteiger partial charge in [0.1, 0.15) is 0 Å². The summed E-state index contributed by atoms with van der Waals surface area (Å²) in [5.41, 5.74) is 0.720. The maximum atomic E-state index is 12.2. The number of sulfonamides is 1. The van der Waals surface area contributed by atoms with Gasteiger partial charge >= 0.3 is 0 Å². The zero-order valence-electron chi connectivity index (χ0n) is 11.5. The minimum absolute atomic E-state index is 0.0702. The lowest BCUT2D eigenvalue weighted by Gasteiger charge is -2.16. The van der Waals surface area contributed by atoms with E-state index in [0.717, 1.165) is 17.4 Å². The molecule has 0 atom stereocenters. The van der Waals surface area contributed by atoms with Crippen molar-refractivity contribution in [3.8, 4) is 0 Å². The quantitative estimate of drug-likeness (QED) is 0.807. The van der Waals surface area contributed by atoms with E-state index in [1.165, 1.54) is 25.7 Å². The predicted octanol–water partition coefficient (Wildman–Crippen LogP) is 1.89. The Morgan fingerprint density at radius 3 is 2.10 bits per heavy atom. The maximum Gasteiger partial charge on any atom is 0.240 e. The van der Waals surface area contributed by atoms with Crippen molar-refractivity contribution in [2.45, 2.75) is 37.2 Å². The first-order valence-electron chi connectivity index (χ1n) is 7.29. The van der Waals surface area contributed by atoms with Crippen molar-refractivity contribution in [1.29, 1.82) is 0 Å². The minimum Gasteiger partial charge on any atom is -0.392 e. The number of hydrogen-bond donors (Lipinski definition) is 2. The van der Waals surface area contributed by atoms with Crippen LogP contribution in [0.15, 0.2) is 29.2 Å². The van der Waals surface area contributed by atoms with Crippen molar-refractivity contribution in [3.63, 3.8) is 0 Å². The highest BCUT2D eigenvalue weighted by Gasteiger charge is 2.41. The van der Waals surface area contributed by atoms with Crippen LogP contribution in [0.25, 0.3) is 0 Å². The molecular formula is C15H21NO3S. The smallest absolute Gasteiger partial charge is 0.240 e. The molecule has 0 saturated heterocycles. The van der Waals surface area contributed by atoms with Gasteiger partial charge in [-0.3, -0.25) is 0 Å². The van der Waals surface area contributed by atoms with Gasteiger partial charge in [-0.25, -0.2) is 13.1 Å². The first kappa shape index (κ1) is 14.0. The van der Waals surface area contributed by atoms with Gasteiger partial charge < -0.3 is 5.11 Å². The van der Waals surface area contributed by atoms with E-state index in [0.29, 0.717) is 12.5 Å². The standard InChI is InChI=1S/C15H21NO3S/c17-10-11-1-7-14(8-2-11)20(18,19)16-9-15(12-3-4-12)13-5-6-13/h1-2,7-8,12-13,15-17H,3-6,9-10H2. The Kier molecular flexibility index (Phi) is 3.84. The van der Waals surface area contributed by atoms with E-state index in [1.54, 1.807) is 24.3 Å². The van der Waals surface area contributed by atoms with Gasteiger partial charge in [0.25, 0.3) is 0 Å². The predicted molar refractivity (Wildman–Crippen MR) is 76.5 cm³/mol. The summed E-state index contributed by atoms with van der Waals surface area (Å²) in [6.45, 7) is 0.499. The molecule has 2 N–H and O–H groups in total. The monoisotopic (exact) mass is 295 g/mol. The molecule has 20 heavy (non-hydrogen) atoms. The summed E-state index contributed by atoms with van der Waals surface area (Å²) in [6, 6.07) is 6.40. The molecule has 0 bridgehead atoms. The molecule has 0 unspecified atom stereocenters. The molecule has 110 valence electrons. The van der Waals surface area contributed by atoms with Crippen LogP contribution >= 0.6 is 0 Å². The van der Waals surface area contributed by atoms with Crippen molar-refractivity contribution in [1.82, 2.24) is 4.72 Å². The first-order chi connectivity index (χ1) is 9.60. The number of aliphatic hydroxyl groups excluding tert-OH is 1. The van der Waals surface area contributed by atoms with Crippen LogP contribution in [0.2, 0.25) is 0 Å². The van der Waals surface area contributed by atoms with Gasteiger partial charge in [0.05, 0.1) is 11.5 Å². The second-order valence-corrected chi connectivity index (χ2v) is 7.76. The number of aliphatic hydroxyl groups is 1. The van der Waals surface area contributed by atoms with Crippen LogP contribution < -0.4 is 4.72 Å². The zero-order valence-corrected chi connectivity index (χ0v) is 12.3. The molecule has 3 rings (SSSR count). The Labute approximate surface area is 120 Å². The van der Waals surface area contributed by atoms with Gasteiger partial charge in [-0.2, -0.15) is 0 Å². The summed E-state index contributed by atoms with van der Waals surface area (Å²) in [7, 11) is -3.42. The maximum absolute atomic E-state index is 12.2. The van der Waals surface area contributed by atoms with Crippen LogP contribution in [-0.4, -0.2) is 20.1 Å². The lowest BCUT2D eigenvalue weighted by atomic mass is 9.99. The van der Waals surface area contributed by atoms with Crippen molar-refractivity contribution in [2.75, 3.05) is 6.54 Å². The molecule has 1 aromatic rings. The van der Waals surface area contributed by atoms with Crippen molar-refractivity contribution < 1.29 is 13.5 Å². The van der Waals surface area contributed by atoms with Gasteiger partial charge in [-0.15, -0.1) is 0 Å². The van der Waals surface area contributed by atoms with Gasteiger partial charge in [0, 0.05) is 6.54 Å². The van der Waals surface area contributed by atoms with Gasteiger partial charge in [-0.1, -0.05) is 12.1 Å². The third-order valence-corrected chi connectivity index (χ3v) is 5.82. The average Bonchev–Trinajstić information content (AvgIpc) is 3.32. The Morgan fingerprint density at radius 1 is 1.10 bits per heavy atom. The van der Waals surface area contributed by atoms with Gasteiger partial charge in [0.2, 0.25) is 10.0 Å². The Bertz CT molecular complexity index is 547. The summed E-state index contributed by atoms with van der Waals surface area (Å²) < 4.78 is 27.3. The summed E-state index contributed by atoms with van der Waals surface area (Å²) >= 11 is 0. The molecule has 0 heterocycles. The topological polar surface area (TPSA) is 66.4 Å². The third-order valence-electron chi connectivity index (χ3n) is 4.38. The van der Waals surface area contributed by atoms with E-state index < -0.39 is 10.0 Å². The fourth-order valence-corrected chi connectivity index (χ4v) is 3.90. The molecule has 2 aliphatic rings. The highest BCUT2D eigenvalue weighted by atomic mass is 32.2. The zero-order chi connectivity index (χ0) is 14.2. The highest BCUT2D eigenvalue weighted by molar-refractivity contribution is 7.89. The fourth-order valence-electron chi connectivity index (χ4n) is 2.83. The number of nitrogens with one attached hydrogen (secondary N) is 1. The second-order valence-electron chi connectivity index (χ2n) is 5.99. The molecule has 2 saturated carbocycles. The molecule has 0 spiro atoms. The first-order valence-corrected chi connectivity index (χ1v) is 8.78. The molecule has 0 aromatic heterocycles. The summed E-state index contributed by atoms with van der Waals surface area (Å²) in [4.78, 5) is 0.278. The van der Waals surface area contributed by atoms with E-state index in [1.807, 2.05) is 0 Å². The van der Waals surface area contributed by atoms with Crippen LogP contribution in [0.1, 0.15) is 31.2 Å². The summed E-state index contributed by atoms with van der Waals surface area (Å²) in [5.74, 6) is 2.01. The SMILES string of the molecule is O=S(=O)(NCC(C1CC1)C1CC1)c1ccc(CO)cc1. The largest absolute Gasteiger partial charge is 0.392 e. The van der Waals surface area contributed by atoms with E-state index in [4.69, 9.17) is 5.11 Å². The molecule has 0 amide bonds. The molecule has 5 heteroatoms. The van der Waals surface area contributed by atoms with Gasteiger partial charge in [-0.05, 0) is 61.1 Å². The van der Waals surface area contributed by atoms with E-state index >= 15 is 0 Å². The fraction of sp³-hybridized carbons (Fsp3) is 0.600.